The van der Waals surface area contributed by atoms with E-state index in [-0.39, 0.29) is 0 Å². The Labute approximate surface area is 190 Å². The van der Waals surface area contributed by atoms with Gasteiger partial charge in [0.2, 0.25) is 0 Å². The number of likely N-dealkylation sites (N-methyl/N-ethyl adjacent to an activating group) is 1. The predicted octanol–water partition coefficient (Wildman–Crippen LogP) is 3.96. The largest absolute Gasteiger partial charge is 0.490 e. The van der Waals surface area contributed by atoms with Crippen molar-refractivity contribution in [3.63, 3.8) is 0 Å². The van der Waals surface area contributed by atoms with Gasteiger partial charge in [-0.05, 0) is 18.2 Å². The number of aromatic nitrogens is 1. The standard InChI is InChI=1S/C16H21N3O.2C2HF3O2/c1-3-14-6-7-15(20-14)12-19-10-9-18(2)16-13(11-19)5-4-8-17-16;2*3-2(4,5)1(6)7/h4-8H,3,9-12H2,1-2H3;2*(H,6,7). The normalized spacial score (nSPS) is 14.1. The van der Waals surface area contributed by atoms with Crippen molar-refractivity contribution in [1.29, 1.82) is 0 Å². The molecular weight excluding hydrogens is 476 g/mol. The number of carboxylic acids is 2. The molecule has 0 amide bonds. The summed E-state index contributed by atoms with van der Waals surface area (Å²) in [7, 11) is 2.11. The van der Waals surface area contributed by atoms with Crippen LogP contribution in [-0.4, -0.2) is 64.5 Å². The van der Waals surface area contributed by atoms with E-state index in [2.05, 4.69) is 47.0 Å². The van der Waals surface area contributed by atoms with E-state index in [9.17, 15) is 26.3 Å². The van der Waals surface area contributed by atoms with Gasteiger partial charge in [0.1, 0.15) is 17.3 Å². The number of anilines is 1. The first-order chi connectivity index (χ1) is 15.6. The zero-order chi connectivity index (χ0) is 26.1. The predicted molar refractivity (Wildman–Crippen MR) is 107 cm³/mol. The number of nitrogens with zero attached hydrogens (tertiary/aromatic N) is 3. The van der Waals surface area contributed by atoms with E-state index in [1.165, 1.54) is 5.56 Å². The molecule has 14 heteroatoms. The van der Waals surface area contributed by atoms with Gasteiger partial charge in [-0.3, -0.25) is 4.90 Å². The minimum atomic E-state index is -5.08. The lowest BCUT2D eigenvalue weighted by atomic mass is 10.2. The van der Waals surface area contributed by atoms with E-state index in [4.69, 9.17) is 24.2 Å². The summed E-state index contributed by atoms with van der Waals surface area (Å²) >= 11 is 0. The maximum Gasteiger partial charge on any atom is 0.490 e. The van der Waals surface area contributed by atoms with E-state index in [1.807, 2.05) is 12.3 Å². The fourth-order valence-electron chi connectivity index (χ4n) is 2.67. The van der Waals surface area contributed by atoms with Gasteiger partial charge < -0.3 is 19.5 Å². The zero-order valence-corrected chi connectivity index (χ0v) is 18.2. The molecule has 3 heterocycles. The van der Waals surface area contributed by atoms with Crippen LogP contribution in [0, 0.1) is 0 Å². The van der Waals surface area contributed by atoms with Crippen LogP contribution in [0.25, 0.3) is 0 Å². The number of fused-ring (bicyclic) bond motifs is 1. The first-order valence-electron chi connectivity index (χ1n) is 9.70. The number of alkyl halides is 6. The molecule has 2 N–H and O–H groups in total. The van der Waals surface area contributed by atoms with Gasteiger partial charge in [-0.1, -0.05) is 13.0 Å². The van der Waals surface area contributed by atoms with Crippen molar-refractivity contribution in [3.8, 4) is 0 Å². The summed E-state index contributed by atoms with van der Waals surface area (Å²) in [6, 6.07) is 8.35. The van der Waals surface area contributed by atoms with E-state index in [1.54, 1.807) is 0 Å². The highest BCUT2D eigenvalue weighted by molar-refractivity contribution is 5.73. The summed E-state index contributed by atoms with van der Waals surface area (Å²) < 4.78 is 69.3. The number of furan rings is 1. The molecule has 2 aromatic rings. The average molecular weight is 499 g/mol. The number of pyridine rings is 1. The fraction of sp³-hybridized carbons (Fsp3) is 0.450. The van der Waals surface area contributed by atoms with Crippen LogP contribution in [-0.2, 0) is 29.1 Å². The van der Waals surface area contributed by atoms with Gasteiger partial charge in [0.15, 0.2) is 0 Å². The molecule has 1 aliphatic heterocycles. The average Bonchev–Trinajstić information content (AvgIpc) is 3.12. The minimum absolute atomic E-state index is 0.863. The van der Waals surface area contributed by atoms with Crippen LogP contribution in [0.5, 0.6) is 0 Å². The van der Waals surface area contributed by atoms with Crippen LogP contribution in [0.1, 0.15) is 24.0 Å². The van der Waals surface area contributed by atoms with Gasteiger partial charge in [0.25, 0.3) is 0 Å². The smallest absolute Gasteiger partial charge is 0.475 e. The molecule has 0 saturated carbocycles. The molecule has 0 radical (unpaired) electrons. The highest BCUT2D eigenvalue weighted by atomic mass is 19.4. The maximum absolute atomic E-state index is 10.6. The number of hydrogen-bond acceptors (Lipinski definition) is 6. The van der Waals surface area contributed by atoms with Gasteiger partial charge in [0, 0.05) is 44.9 Å². The molecule has 0 bridgehead atoms. The molecule has 0 aliphatic carbocycles. The third-order valence-electron chi connectivity index (χ3n) is 4.30. The van der Waals surface area contributed by atoms with Crippen molar-refractivity contribution in [1.82, 2.24) is 9.88 Å². The lowest BCUT2D eigenvalue weighted by Crippen LogP contribution is -2.28. The van der Waals surface area contributed by atoms with E-state index >= 15 is 0 Å². The Morgan fingerprint density at radius 1 is 1.00 bits per heavy atom. The van der Waals surface area contributed by atoms with Crippen molar-refractivity contribution >= 4 is 17.8 Å². The third kappa shape index (κ3) is 9.68. The van der Waals surface area contributed by atoms with Crippen molar-refractivity contribution in [2.75, 3.05) is 25.0 Å². The number of aliphatic carboxylic acids is 2. The quantitative estimate of drug-likeness (QED) is 0.612. The van der Waals surface area contributed by atoms with Crippen LogP contribution in [0.3, 0.4) is 0 Å². The van der Waals surface area contributed by atoms with Crippen molar-refractivity contribution < 1.29 is 50.6 Å². The molecule has 0 aromatic carbocycles. The summed E-state index contributed by atoms with van der Waals surface area (Å²) in [5.41, 5.74) is 1.29. The van der Waals surface area contributed by atoms with Gasteiger partial charge in [0.05, 0.1) is 6.54 Å². The molecule has 0 fully saturated rings. The van der Waals surface area contributed by atoms with E-state index in [0.29, 0.717) is 0 Å². The van der Waals surface area contributed by atoms with Crippen LogP contribution < -0.4 is 4.90 Å². The number of halogens is 6. The summed E-state index contributed by atoms with van der Waals surface area (Å²) in [5, 5.41) is 14.2. The van der Waals surface area contributed by atoms with Gasteiger partial charge in [-0.15, -0.1) is 0 Å². The van der Waals surface area contributed by atoms with Crippen LogP contribution >= 0.6 is 0 Å². The van der Waals surface area contributed by atoms with Crippen molar-refractivity contribution in [2.24, 2.45) is 0 Å². The second-order valence-electron chi connectivity index (χ2n) is 6.95. The highest BCUT2D eigenvalue weighted by Gasteiger charge is 2.38. The highest BCUT2D eigenvalue weighted by Crippen LogP contribution is 2.22. The summed E-state index contributed by atoms with van der Waals surface area (Å²) in [6.07, 6.45) is -7.35. The van der Waals surface area contributed by atoms with Gasteiger partial charge >= 0.3 is 24.3 Å². The monoisotopic (exact) mass is 499 g/mol. The molecule has 2 aromatic heterocycles. The Bertz CT molecular complexity index is 921. The van der Waals surface area contributed by atoms with Crippen molar-refractivity contribution in [2.45, 2.75) is 38.8 Å². The topological polar surface area (TPSA) is 107 Å². The molecule has 3 rings (SSSR count). The van der Waals surface area contributed by atoms with Crippen LogP contribution in [0.2, 0.25) is 0 Å². The van der Waals surface area contributed by atoms with Gasteiger partial charge in [-0.25, -0.2) is 14.6 Å². The fourth-order valence-corrected chi connectivity index (χ4v) is 2.67. The second kappa shape index (κ2) is 12.3. The Morgan fingerprint density at radius 3 is 2.00 bits per heavy atom. The lowest BCUT2D eigenvalue weighted by Gasteiger charge is -2.19. The number of hydrogen-bond donors (Lipinski definition) is 2. The Morgan fingerprint density at radius 2 is 1.53 bits per heavy atom. The van der Waals surface area contributed by atoms with Crippen molar-refractivity contribution in [3.05, 3.63) is 47.5 Å². The SMILES string of the molecule is CCc1ccc(CN2CCN(C)c3ncccc3C2)o1.O=C(O)C(F)(F)F.O=C(O)C(F)(F)F. The Balaban J connectivity index is 0.000000343. The minimum Gasteiger partial charge on any atom is -0.475 e. The summed E-state index contributed by atoms with van der Waals surface area (Å²) in [5.74, 6) is -2.30. The summed E-state index contributed by atoms with van der Waals surface area (Å²) in [6.45, 7) is 5.92. The Hall–Kier alpha value is -3.29. The molecule has 0 atom stereocenters. The summed E-state index contributed by atoms with van der Waals surface area (Å²) in [4.78, 5) is 26.9. The maximum atomic E-state index is 10.6. The molecule has 0 saturated heterocycles. The number of carbonyl (C=O) groups is 2. The zero-order valence-electron chi connectivity index (χ0n) is 18.2. The third-order valence-corrected chi connectivity index (χ3v) is 4.30. The Kier molecular flexibility index (Phi) is 10.4. The number of rotatable bonds is 3. The molecule has 1 aliphatic rings. The van der Waals surface area contributed by atoms with E-state index < -0.39 is 24.3 Å². The number of aryl methyl sites for hydroxylation is 1. The molecule has 190 valence electrons. The number of carboxylic acid groups (broad SMARTS) is 2. The second-order valence-corrected chi connectivity index (χ2v) is 6.95. The van der Waals surface area contributed by atoms with Gasteiger partial charge in [-0.2, -0.15) is 26.3 Å². The lowest BCUT2D eigenvalue weighted by molar-refractivity contribution is -0.193. The first kappa shape index (κ1) is 28.7. The molecule has 34 heavy (non-hydrogen) atoms. The first-order valence-corrected chi connectivity index (χ1v) is 9.70. The molecule has 8 nitrogen and oxygen atoms in total. The molecule has 0 spiro atoms. The van der Waals surface area contributed by atoms with Crippen LogP contribution in [0.4, 0.5) is 32.2 Å². The van der Waals surface area contributed by atoms with Crippen LogP contribution in [0.15, 0.2) is 34.9 Å². The molecular formula is C20H23F6N3O5. The molecule has 0 unspecified atom stereocenters. The van der Waals surface area contributed by atoms with E-state index in [0.717, 1.165) is 49.9 Å².